The summed E-state index contributed by atoms with van der Waals surface area (Å²) in [5.41, 5.74) is 0.0497. The van der Waals surface area contributed by atoms with Crippen LogP contribution in [0.15, 0.2) is 45.4 Å². The number of hydrogen-bond donors (Lipinski definition) is 1. The molecule has 128 valence electrons. The first kappa shape index (κ1) is 16.7. The summed E-state index contributed by atoms with van der Waals surface area (Å²) in [6.07, 6.45) is 1.69. The van der Waals surface area contributed by atoms with Crippen molar-refractivity contribution in [1.29, 1.82) is 0 Å². The third-order valence-corrected chi connectivity index (χ3v) is 4.19. The number of non-ortho nitro benzene ring substituents is 1. The number of nitro benzene ring substituents is 1. The molecule has 0 aliphatic carbocycles. The maximum atomic E-state index is 12.3. The number of benzene rings is 1. The van der Waals surface area contributed by atoms with E-state index in [4.69, 9.17) is 9.15 Å². The molecule has 2 aromatic heterocycles. The van der Waals surface area contributed by atoms with Crippen LogP contribution in [0.2, 0.25) is 0 Å². The standard InChI is InChI=1S/C16H13N3O5S/c1-3-4-17-16-18-12(8-25-16)11-6-9-5-10(19(21)22)7-13(23-2)14(9)24-15(11)20/h3,5-8H,1,4H2,2H3,(H,17,18). The molecule has 0 amide bonds. The van der Waals surface area contributed by atoms with Gasteiger partial charge in [-0.2, -0.15) is 0 Å². The second-order valence-electron chi connectivity index (χ2n) is 4.98. The Morgan fingerprint density at radius 3 is 2.96 bits per heavy atom. The molecule has 0 fully saturated rings. The van der Waals surface area contributed by atoms with Crippen LogP contribution < -0.4 is 15.7 Å². The van der Waals surface area contributed by atoms with E-state index in [0.717, 1.165) is 0 Å². The number of thiazole rings is 1. The van der Waals surface area contributed by atoms with Gasteiger partial charge in [-0.05, 0) is 6.07 Å². The lowest BCUT2D eigenvalue weighted by Gasteiger charge is -2.05. The maximum Gasteiger partial charge on any atom is 0.345 e. The molecule has 0 saturated heterocycles. The summed E-state index contributed by atoms with van der Waals surface area (Å²) in [7, 11) is 1.35. The average molecular weight is 359 g/mol. The summed E-state index contributed by atoms with van der Waals surface area (Å²) in [4.78, 5) is 27.2. The summed E-state index contributed by atoms with van der Waals surface area (Å²) in [5.74, 6) is 0.125. The molecular weight excluding hydrogens is 346 g/mol. The molecule has 0 aliphatic rings. The molecule has 8 nitrogen and oxygen atoms in total. The molecule has 0 atom stereocenters. The lowest BCUT2D eigenvalue weighted by atomic mass is 10.1. The Hall–Kier alpha value is -3.20. The predicted octanol–water partition coefficient (Wildman–Crippen LogP) is 3.43. The number of rotatable bonds is 6. The van der Waals surface area contributed by atoms with Gasteiger partial charge in [0.2, 0.25) is 0 Å². The minimum atomic E-state index is -0.597. The molecule has 0 spiro atoms. The van der Waals surface area contributed by atoms with Crippen LogP contribution in [0.5, 0.6) is 5.75 Å². The number of nitrogens with zero attached hydrogens (tertiary/aromatic N) is 2. The van der Waals surface area contributed by atoms with Gasteiger partial charge in [-0.15, -0.1) is 17.9 Å². The van der Waals surface area contributed by atoms with Gasteiger partial charge in [-0.25, -0.2) is 9.78 Å². The molecule has 0 saturated carbocycles. The predicted molar refractivity (Wildman–Crippen MR) is 95.5 cm³/mol. The minimum Gasteiger partial charge on any atom is -0.493 e. The quantitative estimate of drug-likeness (QED) is 0.311. The van der Waals surface area contributed by atoms with E-state index < -0.39 is 10.5 Å². The third-order valence-electron chi connectivity index (χ3n) is 3.39. The molecule has 0 aliphatic heterocycles. The van der Waals surface area contributed by atoms with E-state index in [1.165, 1.54) is 36.6 Å². The van der Waals surface area contributed by atoms with E-state index in [2.05, 4.69) is 16.9 Å². The van der Waals surface area contributed by atoms with E-state index in [-0.39, 0.29) is 22.6 Å². The van der Waals surface area contributed by atoms with Crippen LogP contribution in [0, 0.1) is 10.1 Å². The Morgan fingerprint density at radius 2 is 2.28 bits per heavy atom. The van der Waals surface area contributed by atoms with Gasteiger partial charge in [-0.3, -0.25) is 10.1 Å². The minimum absolute atomic E-state index is 0.125. The zero-order valence-corrected chi connectivity index (χ0v) is 14.0. The molecule has 3 aromatic rings. The van der Waals surface area contributed by atoms with Crippen LogP contribution in [0.25, 0.3) is 22.2 Å². The number of aromatic nitrogens is 1. The van der Waals surface area contributed by atoms with E-state index in [9.17, 15) is 14.9 Å². The maximum absolute atomic E-state index is 12.3. The fourth-order valence-electron chi connectivity index (χ4n) is 2.26. The van der Waals surface area contributed by atoms with Crippen LogP contribution in [-0.4, -0.2) is 23.6 Å². The van der Waals surface area contributed by atoms with Crippen molar-refractivity contribution >= 4 is 33.1 Å². The van der Waals surface area contributed by atoms with Gasteiger partial charge in [0, 0.05) is 23.4 Å². The van der Waals surface area contributed by atoms with Crippen molar-refractivity contribution in [1.82, 2.24) is 4.98 Å². The molecule has 1 aromatic carbocycles. The number of nitrogens with one attached hydrogen (secondary N) is 1. The number of anilines is 1. The molecule has 0 radical (unpaired) electrons. The van der Waals surface area contributed by atoms with Gasteiger partial charge in [0.25, 0.3) is 5.69 Å². The number of methoxy groups -OCH3 is 1. The smallest absolute Gasteiger partial charge is 0.345 e. The van der Waals surface area contributed by atoms with Gasteiger partial charge < -0.3 is 14.5 Å². The summed E-state index contributed by atoms with van der Waals surface area (Å²) < 4.78 is 10.4. The van der Waals surface area contributed by atoms with Crippen molar-refractivity contribution in [2.45, 2.75) is 0 Å². The number of nitro groups is 1. The van der Waals surface area contributed by atoms with Crippen LogP contribution in [0.4, 0.5) is 10.8 Å². The van der Waals surface area contributed by atoms with E-state index in [1.807, 2.05) is 0 Å². The summed E-state index contributed by atoms with van der Waals surface area (Å²) >= 11 is 1.33. The van der Waals surface area contributed by atoms with Crippen LogP contribution >= 0.6 is 11.3 Å². The van der Waals surface area contributed by atoms with Gasteiger partial charge in [0.1, 0.15) is 0 Å². The zero-order valence-electron chi connectivity index (χ0n) is 13.1. The highest BCUT2D eigenvalue weighted by Gasteiger charge is 2.18. The van der Waals surface area contributed by atoms with Crippen LogP contribution in [-0.2, 0) is 0 Å². The number of ether oxygens (including phenoxy) is 1. The lowest BCUT2D eigenvalue weighted by molar-refractivity contribution is -0.384. The Labute approximate surface area is 145 Å². The van der Waals surface area contributed by atoms with Crippen molar-refractivity contribution < 1.29 is 14.1 Å². The largest absolute Gasteiger partial charge is 0.493 e. The van der Waals surface area contributed by atoms with Gasteiger partial charge >= 0.3 is 5.63 Å². The highest BCUT2D eigenvalue weighted by Crippen LogP contribution is 2.32. The summed E-state index contributed by atoms with van der Waals surface area (Å²) in [5, 5.41) is 16.8. The Morgan fingerprint density at radius 1 is 1.48 bits per heavy atom. The number of fused-ring (bicyclic) bond motifs is 1. The molecule has 0 unspecified atom stereocenters. The second kappa shape index (κ2) is 6.73. The summed E-state index contributed by atoms with van der Waals surface area (Å²) in [6.45, 7) is 4.15. The molecule has 0 bridgehead atoms. The summed E-state index contributed by atoms with van der Waals surface area (Å²) in [6, 6.07) is 4.06. The van der Waals surface area contributed by atoms with Crippen molar-refractivity contribution in [3.05, 3.63) is 56.8 Å². The van der Waals surface area contributed by atoms with Crippen molar-refractivity contribution in [2.75, 3.05) is 19.0 Å². The lowest BCUT2D eigenvalue weighted by Crippen LogP contribution is -2.04. The first-order valence-electron chi connectivity index (χ1n) is 7.14. The van der Waals surface area contributed by atoms with Gasteiger partial charge in [-0.1, -0.05) is 6.08 Å². The van der Waals surface area contributed by atoms with Crippen molar-refractivity contribution in [3.8, 4) is 17.0 Å². The Bertz CT molecular complexity index is 1020. The molecule has 3 rings (SSSR count). The average Bonchev–Trinajstić information content (AvgIpc) is 3.07. The first-order valence-corrected chi connectivity index (χ1v) is 8.02. The number of hydrogen-bond acceptors (Lipinski definition) is 8. The topological polar surface area (TPSA) is 108 Å². The molecule has 2 heterocycles. The van der Waals surface area contributed by atoms with Crippen LogP contribution in [0.1, 0.15) is 0 Å². The Balaban J connectivity index is 2.14. The monoisotopic (exact) mass is 359 g/mol. The van der Waals surface area contributed by atoms with E-state index in [1.54, 1.807) is 11.5 Å². The first-order chi connectivity index (χ1) is 12.0. The molecule has 9 heteroatoms. The molecule has 1 N–H and O–H groups in total. The molecule has 25 heavy (non-hydrogen) atoms. The van der Waals surface area contributed by atoms with Gasteiger partial charge in [0.05, 0.1) is 29.4 Å². The fourth-order valence-corrected chi connectivity index (χ4v) is 2.98. The molecular formula is C16H13N3O5S. The third kappa shape index (κ3) is 3.22. The van der Waals surface area contributed by atoms with Crippen molar-refractivity contribution in [2.24, 2.45) is 0 Å². The van der Waals surface area contributed by atoms with E-state index >= 15 is 0 Å². The second-order valence-corrected chi connectivity index (χ2v) is 5.84. The van der Waals surface area contributed by atoms with Crippen LogP contribution in [0.3, 0.4) is 0 Å². The Kier molecular flexibility index (Phi) is 4.48. The van der Waals surface area contributed by atoms with E-state index in [0.29, 0.717) is 22.8 Å². The highest BCUT2D eigenvalue weighted by molar-refractivity contribution is 7.14. The fraction of sp³-hybridized carbons (Fsp3) is 0.125. The zero-order chi connectivity index (χ0) is 18.0. The van der Waals surface area contributed by atoms with Crippen molar-refractivity contribution in [3.63, 3.8) is 0 Å². The SMILES string of the molecule is C=CCNc1nc(-c2cc3cc([N+](=O)[O-])cc(OC)c3oc2=O)cs1. The van der Waals surface area contributed by atoms with Gasteiger partial charge in [0.15, 0.2) is 16.5 Å². The normalized spacial score (nSPS) is 10.6. The highest BCUT2D eigenvalue weighted by atomic mass is 32.1.